The average molecular weight is 232 g/mol. The van der Waals surface area contributed by atoms with E-state index >= 15 is 0 Å². The van der Waals surface area contributed by atoms with E-state index in [0.717, 1.165) is 0 Å². The molecule has 2 aliphatic rings. The zero-order valence-corrected chi connectivity index (χ0v) is 10.4. The molecule has 0 amide bonds. The summed E-state index contributed by atoms with van der Waals surface area (Å²) in [5.74, 6) is 0. The molecule has 0 radical (unpaired) electrons. The first kappa shape index (κ1) is 11.1. The number of aryl methyl sites for hydroxylation is 1. The molecule has 0 saturated carbocycles. The summed E-state index contributed by atoms with van der Waals surface area (Å²) < 4.78 is 5.15. The lowest BCUT2D eigenvalue weighted by Gasteiger charge is -2.28. The maximum Gasteiger partial charge on any atom is 0.0655 e. The van der Waals surface area contributed by atoms with Crippen LogP contribution in [0.5, 0.6) is 0 Å². The zero-order valence-electron chi connectivity index (χ0n) is 10.4. The van der Waals surface area contributed by atoms with Crippen LogP contribution in [0.15, 0.2) is 12.1 Å². The predicted octanol–water partition coefficient (Wildman–Crippen LogP) is 1.64. The van der Waals surface area contributed by atoms with Gasteiger partial charge in [-0.15, -0.1) is 0 Å². The van der Waals surface area contributed by atoms with Crippen LogP contribution >= 0.6 is 0 Å². The van der Waals surface area contributed by atoms with Crippen molar-refractivity contribution in [2.24, 2.45) is 5.73 Å². The van der Waals surface area contributed by atoms with Crippen molar-refractivity contribution in [1.82, 2.24) is 0 Å². The number of hydrogen-bond acceptors (Lipinski definition) is 3. The van der Waals surface area contributed by atoms with Gasteiger partial charge in [-0.25, -0.2) is 0 Å². The van der Waals surface area contributed by atoms with Crippen LogP contribution in [0, 0.1) is 0 Å². The van der Waals surface area contributed by atoms with Gasteiger partial charge in [0.25, 0.3) is 0 Å². The van der Waals surface area contributed by atoms with Gasteiger partial charge >= 0.3 is 0 Å². The Labute approximate surface area is 103 Å². The van der Waals surface area contributed by atoms with Gasteiger partial charge in [0, 0.05) is 25.9 Å². The fourth-order valence-corrected chi connectivity index (χ4v) is 3.12. The van der Waals surface area contributed by atoms with Crippen molar-refractivity contribution in [2.45, 2.75) is 25.3 Å². The minimum Gasteiger partial charge on any atom is -0.383 e. The molecule has 0 saturated heterocycles. The van der Waals surface area contributed by atoms with E-state index in [0.29, 0.717) is 6.61 Å². The first-order chi connectivity index (χ1) is 8.29. The molecule has 1 aromatic rings. The summed E-state index contributed by atoms with van der Waals surface area (Å²) in [6, 6.07) is 4.59. The minimum absolute atomic E-state index is 0.0116. The lowest BCUT2D eigenvalue weighted by Crippen LogP contribution is -2.26. The smallest absolute Gasteiger partial charge is 0.0655 e. The SMILES string of the molecule is COCC(N)c1cc2c3c(c1)CCN3CCC2. The number of hydrogen-bond donors (Lipinski definition) is 1. The van der Waals surface area contributed by atoms with Crippen molar-refractivity contribution in [1.29, 1.82) is 0 Å². The largest absolute Gasteiger partial charge is 0.383 e. The summed E-state index contributed by atoms with van der Waals surface area (Å²) in [4.78, 5) is 2.53. The van der Waals surface area contributed by atoms with Crippen LogP contribution in [0.2, 0.25) is 0 Å². The second-order valence-electron chi connectivity index (χ2n) is 5.09. The lowest BCUT2D eigenvalue weighted by atomic mass is 9.94. The number of rotatable bonds is 3. The highest BCUT2D eigenvalue weighted by Crippen LogP contribution is 2.37. The molecule has 3 nitrogen and oxygen atoms in total. The van der Waals surface area contributed by atoms with Gasteiger partial charge in [-0.1, -0.05) is 12.1 Å². The van der Waals surface area contributed by atoms with E-state index in [1.165, 1.54) is 54.7 Å². The van der Waals surface area contributed by atoms with Gasteiger partial charge in [-0.05, 0) is 36.0 Å². The molecule has 0 aliphatic carbocycles. The molecule has 0 aromatic heterocycles. The molecule has 1 unspecified atom stereocenters. The Balaban J connectivity index is 1.99. The molecule has 1 aromatic carbocycles. The van der Waals surface area contributed by atoms with E-state index in [2.05, 4.69) is 17.0 Å². The standard InChI is InChI=1S/C14H20N2O/c1-17-9-13(15)12-7-10-3-2-5-16-6-4-11(8-12)14(10)16/h7-8,13H,2-6,9,15H2,1H3. The van der Waals surface area contributed by atoms with Crippen LogP contribution in [0.3, 0.4) is 0 Å². The third-order valence-electron chi connectivity index (χ3n) is 3.91. The number of anilines is 1. The highest BCUT2D eigenvalue weighted by atomic mass is 16.5. The molecule has 0 fully saturated rings. The van der Waals surface area contributed by atoms with Crippen LogP contribution < -0.4 is 10.6 Å². The monoisotopic (exact) mass is 232 g/mol. The lowest BCUT2D eigenvalue weighted by molar-refractivity contribution is 0.181. The highest BCUT2D eigenvalue weighted by molar-refractivity contribution is 5.66. The van der Waals surface area contributed by atoms with Crippen LogP contribution in [0.4, 0.5) is 5.69 Å². The zero-order chi connectivity index (χ0) is 11.8. The Hall–Kier alpha value is -1.06. The maximum absolute atomic E-state index is 6.14. The molecule has 92 valence electrons. The molecule has 0 spiro atoms. The second kappa shape index (κ2) is 4.31. The number of nitrogens with zero attached hydrogens (tertiary/aromatic N) is 1. The molecular weight excluding hydrogens is 212 g/mol. The number of benzene rings is 1. The molecule has 3 rings (SSSR count). The van der Waals surface area contributed by atoms with Crippen LogP contribution in [0.1, 0.15) is 29.2 Å². The van der Waals surface area contributed by atoms with Gasteiger partial charge in [0.15, 0.2) is 0 Å². The summed E-state index contributed by atoms with van der Waals surface area (Å²) >= 11 is 0. The molecule has 2 N–H and O–H groups in total. The Bertz CT molecular complexity index is 430. The van der Waals surface area contributed by atoms with Crippen molar-refractivity contribution in [3.8, 4) is 0 Å². The van der Waals surface area contributed by atoms with E-state index < -0.39 is 0 Å². The third kappa shape index (κ3) is 1.83. The van der Waals surface area contributed by atoms with Gasteiger partial charge in [0.1, 0.15) is 0 Å². The van der Waals surface area contributed by atoms with Crippen molar-refractivity contribution in [3.63, 3.8) is 0 Å². The molecule has 17 heavy (non-hydrogen) atoms. The van der Waals surface area contributed by atoms with Crippen molar-refractivity contribution >= 4 is 5.69 Å². The van der Waals surface area contributed by atoms with E-state index in [9.17, 15) is 0 Å². The Morgan fingerprint density at radius 3 is 2.82 bits per heavy atom. The Kier molecular flexibility index (Phi) is 2.81. The highest BCUT2D eigenvalue weighted by Gasteiger charge is 2.26. The molecule has 0 bridgehead atoms. The van der Waals surface area contributed by atoms with Gasteiger partial charge in [0.05, 0.1) is 12.6 Å². The number of methoxy groups -OCH3 is 1. The van der Waals surface area contributed by atoms with Gasteiger partial charge < -0.3 is 15.4 Å². The molecular formula is C14H20N2O. The fourth-order valence-electron chi connectivity index (χ4n) is 3.12. The summed E-state index contributed by atoms with van der Waals surface area (Å²) in [6.45, 7) is 3.01. The molecule has 2 heterocycles. The summed E-state index contributed by atoms with van der Waals surface area (Å²) in [6.07, 6.45) is 3.65. The number of ether oxygens (including phenoxy) is 1. The predicted molar refractivity (Wildman–Crippen MR) is 69.5 cm³/mol. The summed E-state index contributed by atoms with van der Waals surface area (Å²) in [5.41, 5.74) is 11.9. The summed E-state index contributed by atoms with van der Waals surface area (Å²) in [5, 5.41) is 0. The van der Waals surface area contributed by atoms with E-state index in [1.807, 2.05) is 0 Å². The van der Waals surface area contributed by atoms with Gasteiger partial charge in [-0.3, -0.25) is 0 Å². The first-order valence-corrected chi connectivity index (χ1v) is 6.45. The van der Waals surface area contributed by atoms with E-state index in [1.54, 1.807) is 7.11 Å². The Morgan fingerprint density at radius 1 is 1.29 bits per heavy atom. The van der Waals surface area contributed by atoms with Gasteiger partial charge in [0.2, 0.25) is 0 Å². The van der Waals surface area contributed by atoms with Crippen LogP contribution in [0.25, 0.3) is 0 Å². The van der Waals surface area contributed by atoms with Crippen molar-refractivity contribution in [3.05, 3.63) is 28.8 Å². The third-order valence-corrected chi connectivity index (χ3v) is 3.91. The Morgan fingerprint density at radius 2 is 2.06 bits per heavy atom. The fraction of sp³-hybridized carbons (Fsp3) is 0.571. The van der Waals surface area contributed by atoms with E-state index in [4.69, 9.17) is 10.5 Å². The second-order valence-corrected chi connectivity index (χ2v) is 5.09. The molecule has 2 aliphatic heterocycles. The quantitative estimate of drug-likeness (QED) is 0.861. The van der Waals surface area contributed by atoms with E-state index in [-0.39, 0.29) is 6.04 Å². The number of nitrogens with two attached hydrogens (primary N) is 1. The van der Waals surface area contributed by atoms with Crippen molar-refractivity contribution in [2.75, 3.05) is 31.7 Å². The van der Waals surface area contributed by atoms with Gasteiger partial charge in [-0.2, -0.15) is 0 Å². The molecule has 1 atom stereocenters. The topological polar surface area (TPSA) is 38.5 Å². The van der Waals surface area contributed by atoms with Crippen LogP contribution in [-0.4, -0.2) is 26.8 Å². The van der Waals surface area contributed by atoms with Crippen LogP contribution in [-0.2, 0) is 17.6 Å². The normalized spacial score (nSPS) is 19.3. The molecule has 3 heteroatoms. The first-order valence-electron chi connectivity index (χ1n) is 6.45. The average Bonchev–Trinajstić information content (AvgIpc) is 2.75. The van der Waals surface area contributed by atoms with Crippen molar-refractivity contribution < 1.29 is 4.74 Å². The maximum atomic E-state index is 6.14. The summed E-state index contributed by atoms with van der Waals surface area (Å²) in [7, 11) is 1.71. The minimum atomic E-state index is 0.0116.